The highest BCUT2D eigenvalue weighted by molar-refractivity contribution is 5.85. The Hall–Kier alpha value is -3.13. The van der Waals surface area contributed by atoms with Crippen LogP contribution in [0.15, 0.2) is 41.5 Å². The number of carboxylic acid groups (broad SMARTS) is 2. The average molecular weight is 360 g/mol. The number of H-pyrrole nitrogens is 1. The van der Waals surface area contributed by atoms with E-state index in [0.717, 1.165) is 0 Å². The molecule has 0 saturated heterocycles. The summed E-state index contributed by atoms with van der Waals surface area (Å²) in [7, 11) is 0. The SMILES string of the molecule is [2H][C@@H](N=C(N)[C@H](O)c1ccccc1)c1[nH]cc(CCC(=O)O)c1CC(=O)O. The first-order valence-electron chi connectivity index (χ1n) is 8.48. The highest BCUT2D eigenvalue weighted by atomic mass is 16.4. The molecule has 0 spiro atoms. The van der Waals surface area contributed by atoms with Crippen molar-refractivity contribution in [3.8, 4) is 0 Å². The minimum absolute atomic E-state index is 0.132. The summed E-state index contributed by atoms with van der Waals surface area (Å²) < 4.78 is 8.20. The molecular formula is C18H21N3O5. The fourth-order valence-electron chi connectivity index (χ4n) is 2.47. The molecule has 1 heterocycles. The van der Waals surface area contributed by atoms with Gasteiger partial charge in [-0.2, -0.15) is 0 Å². The number of carboxylic acids is 2. The van der Waals surface area contributed by atoms with Crippen LogP contribution in [-0.2, 0) is 29.0 Å². The van der Waals surface area contributed by atoms with Crippen molar-refractivity contribution in [2.45, 2.75) is 31.9 Å². The number of aliphatic imine (C=N–C) groups is 1. The molecule has 0 aliphatic carbocycles. The van der Waals surface area contributed by atoms with Crippen LogP contribution in [-0.4, -0.2) is 38.1 Å². The normalized spacial score (nSPS) is 14.5. The molecule has 8 heteroatoms. The van der Waals surface area contributed by atoms with Gasteiger partial charge >= 0.3 is 11.9 Å². The lowest BCUT2D eigenvalue weighted by atomic mass is 10.0. The van der Waals surface area contributed by atoms with Crippen LogP contribution in [0.4, 0.5) is 0 Å². The van der Waals surface area contributed by atoms with Gasteiger partial charge in [0, 0.05) is 18.3 Å². The number of hydrogen-bond acceptors (Lipinski definition) is 4. The summed E-state index contributed by atoms with van der Waals surface area (Å²) in [5.41, 5.74) is 7.36. The molecule has 1 aromatic carbocycles. The van der Waals surface area contributed by atoms with Gasteiger partial charge in [-0.25, -0.2) is 0 Å². The lowest BCUT2D eigenvalue weighted by Crippen LogP contribution is -2.22. The second-order valence-corrected chi connectivity index (χ2v) is 5.67. The zero-order valence-corrected chi connectivity index (χ0v) is 13.9. The fraction of sp³-hybridized carbons (Fsp3) is 0.278. The molecule has 138 valence electrons. The van der Waals surface area contributed by atoms with Crippen LogP contribution in [0.5, 0.6) is 0 Å². The molecule has 0 amide bonds. The fourth-order valence-corrected chi connectivity index (χ4v) is 2.47. The quantitative estimate of drug-likeness (QED) is 0.335. The zero-order valence-electron chi connectivity index (χ0n) is 14.9. The number of nitrogens with two attached hydrogens (primary N) is 1. The van der Waals surface area contributed by atoms with Crippen LogP contribution in [0.25, 0.3) is 0 Å². The van der Waals surface area contributed by atoms with E-state index in [0.29, 0.717) is 16.7 Å². The summed E-state index contributed by atoms with van der Waals surface area (Å²) in [4.78, 5) is 28.7. The Labute approximate surface area is 151 Å². The van der Waals surface area contributed by atoms with Crippen molar-refractivity contribution < 1.29 is 26.3 Å². The predicted molar refractivity (Wildman–Crippen MR) is 94.8 cm³/mol. The van der Waals surface area contributed by atoms with E-state index in [4.69, 9.17) is 17.3 Å². The second-order valence-electron chi connectivity index (χ2n) is 5.67. The zero-order chi connectivity index (χ0) is 20.0. The number of aromatic nitrogens is 1. The number of benzene rings is 1. The summed E-state index contributed by atoms with van der Waals surface area (Å²) in [6, 6.07) is 8.58. The van der Waals surface area contributed by atoms with E-state index in [-0.39, 0.29) is 30.8 Å². The minimum atomic E-state index is -1.28. The first-order valence-corrected chi connectivity index (χ1v) is 7.90. The molecule has 2 atom stereocenters. The molecule has 2 aromatic rings. The van der Waals surface area contributed by atoms with Gasteiger partial charge in [0.2, 0.25) is 0 Å². The van der Waals surface area contributed by atoms with E-state index in [1.165, 1.54) is 6.20 Å². The highest BCUT2D eigenvalue weighted by Crippen LogP contribution is 2.19. The first-order chi connectivity index (χ1) is 12.8. The van der Waals surface area contributed by atoms with E-state index >= 15 is 0 Å². The van der Waals surface area contributed by atoms with Crippen molar-refractivity contribution in [1.82, 2.24) is 4.98 Å². The third kappa shape index (κ3) is 5.18. The Morgan fingerprint density at radius 2 is 1.92 bits per heavy atom. The van der Waals surface area contributed by atoms with E-state index in [1.54, 1.807) is 30.3 Å². The van der Waals surface area contributed by atoms with Gasteiger partial charge < -0.3 is 26.0 Å². The molecule has 2 rings (SSSR count). The molecule has 6 N–H and O–H groups in total. The van der Waals surface area contributed by atoms with Gasteiger partial charge in [-0.05, 0) is 23.1 Å². The third-order valence-electron chi connectivity index (χ3n) is 3.79. The van der Waals surface area contributed by atoms with Gasteiger partial charge in [-0.15, -0.1) is 0 Å². The Balaban J connectivity index is 2.27. The van der Waals surface area contributed by atoms with Crippen LogP contribution >= 0.6 is 0 Å². The molecule has 8 nitrogen and oxygen atoms in total. The average Bonchev–Trinajstić information content (AvgIpc) is 3.01. The molecule has 26 heavy (non-hydrogen) atoms. The summed E-state index contributed by atoms with van der Waals surface area (Å²) in [5.74, 6) is -2.29. The van der Waals surface area contributed by atoms with Crippen molar-refractivity contribution in [2.24, 2.45) is 10.7 Å². The largest absolute Gasteiger partial charge is 0.481 e. The summed E-state index contributed by atoms with van der Waals surface area (Å²) in [6.45, 7) is -1.28. The van der Waals surface area contributed by atoms with Crippen molar-refractivity contribution in [2.75, 3.05) is 0 Å². The maximum atomic E-state index is 11.2. The van der Waals surface area contributed by atoms with Gasteiger partial charge in [0.25, 0.3) is 0 Å². The lowest BCUT2D eigenvalue weighted by Gasteiger charge is -2.10. The summed E-state index contributed by atoms with van der Waals surface area (Å²) >= 11 is 0. The van der Waals surface area contributed by atoms with Crippen molar-refractivity contribution in [3.05, 3.63) is 58.9 Å². The van der Waals surface area contributed by atoms with Crippen LogP contribution in [0.2, 0.25) is 0 Å². The van der Waals surface area contributed by atoms with E-state index in [2.05, 4.69) is 9.98 Å². The number of nitrogens with zero attached hydrogens (tertiary/aromatic N) is 1. The first kappa shape index (κ1) is 17.7. The molecule has 0 radical (unpaired) electrons. The van der Waals surface area contributed by atoms with Crippen molar-refractivity contribution in [1.29, 1.82) is 0 Å². The number of rotatable bonds is 9. The number of hydrogen-bond donors (Lipinski definition) is 5. The molecule has 0 aliphatic heterocycles. The Bertz CT molecular complexity index is 835. The number of aryl methyl sites for hydroxylation is 1. The molecular weight excluding hydrogens is 338 g/mol. The lowest BCUT2D eigenvalue weighted by molar-refractivity contribution is -0.137. The number of aromatic amines is 1. The summed E-state index contributed by atoms with van der Waals surface area (Å²) in [5, 5.41) is 28.2. The predicted octanol–water partition coefficient (Wildman–Crippen LogP) is 1.25. The highest BCUT2D eigenvalue weighted by Gasteiger charge is 2.16. The van der Waals surface area contributed by atoms with Gasteiger partial charge in [-0.1, -0.05) is 30.3 Å². The number of aliphatic hydroxyl groups excluding tert-OH is 1. The number of amidine groups is 1. The second kappa shape index (κ2) is 8.82. The topological polar surface area (TPSA) is 149 Å². The van der Waals surface area contributed by atoms with Gasteiger partial charge in [0.05, 0.1) is 14.3 Å². The minimum Gasteiger partial charge on any atom is -0.481 e. The van der Waals surface area contributed by atoms with Gasteiger partial charge in [0.15, 0.2) is 0 Å². The standard InChI is InChI=1S/C18H21N3O5/c19-18(17(26)11-4-2-1-3-5-11)21-10-14-13(8-16(24)25)12(9-20-14)6-7-15(22)23/h1-5,9,17,20,26H,6-8,10H2,(H2,19,21)(H,22,23)(H,24,25)/t17-/m1/s1/i10D/t10-,17-. The Kier molecular flexibility index (Phi) is 6.00. The van der Waals surface area contributed by atoms with E-state index in [1.807, 2.05) is 0 Å². The van der Waals surface area contributed by atoms with Crippen molar-refractivity contribution in [3.63, 3.8) is 0 Å². The molecule has 0 unspecified atom stereocenters. The van der Waals surface area contributed by atoms with Crippen molar-refractivity contribution >= 4 is 17.8 Å². The number of nitrogens with one attached hydrogen (secondary N) is 1. The maximum Gasteiger partial charge on any atom is 0.307 e. The van der Waals surface area contributed by atoms with Gasteiger partial charge in [0.1, 0.15) is 11.9 Å². The Morgan fingerprint density at radius 3 is 2.54 bits per heavy atom. The molecule has 0 fully saturated rings. The molecule has 0 saturated carbocycles. The van der Waals surface area contributed by atoms with Crippen LogP contribution < -0.4 is 5.73 Å². The summed E-state index contributed by atoms with van der Waals surface area (Å²) in [6.07, 6.45) is -0.113. The monoisotopic (exact) mass is 360 g/mol. The van der Waals surface area contributed by atoms with Crippen LogP contribution in [0.1, 0.15) is 36.3 Å². The third-order valence-corrected chi connectivity index (χ3v) is 3.79. The smallest absolute Gasteiger partial charge is 0.307 e. The number of carbonyl (C=O) groups is 2. The van der Waals surface area contributed by atoms with E-state index in [9.17, 15) is 14.7 Å². The van der Waals surface area contributed by atoms with Crippen LogP contribution in [0.3, 0.4) is 0 Å². The maximum absolute atomic E-state index is 11.2. The van der Waals surface area contributed by atoms with Gasteiger partial charge in [-0.3, -0.25) is 14.6 Å². The molecule has 0 aliphatic rings. The van der Waals surface area contributed by atoms with Crippen LogP contribution in [0, 0.1) is 0 Å². The Morgan fingerprint density at radius 1 is 1.23 bits per heavy atom. The molecule has 0 bridgehead atoms. The number of aliphatic hydroxyl groups is 1. The van der Waals surface area contributed by atoms with E-state index < -0.39 is 24.6 Å². The number of aliphatic carboxylic acids is 2. The molecule has 1 aromatic heterocycles.